The minimum Gasteiger partial charge on any atom is -0.485 e. The van der Waals surface area contributed by atoms with Crippen LogP contribution in [0.2, 0.25) is 0 Å². The number of nitrogens with zero attached hydrogens (tertiary/aromatic N) is 2. The molecule has 0 unspecified atom stereocenters. The van der Waals surface area contributed by atoms with Crippen LogP contribution in [0.15, 0.2) is 48.7 Å². The Bertz CT molecular complexity index is 782. The fourth-order valence-electron chi connectivity index (χ4n) is 2.97. The van der Waals surface area contributed by atoms with Crippen LogP contribution in [0.1, 0.15) is 18.4 Å². The largest absolute Gasteiger partial charge is 0.485 e. The van der Waals surface area contributed by atoms with Gasteiger partial charge < -0.3 is 15.0 Å². The molecule has 2 aliphatic rings. The fourth-order valence-corrected chi connectivity index (χ4v) is 2.97. The van der Waals surface area contributed by atoms with Crippen molar-refractivity contribution in [1.82, 2.24) is 9.88 Å². The second-order valence-corrected chi connectivity index (χ2v) is 6.85. The van der Waals surface area contributed by atoms with Gasteiger partial charge in [-0.15, -0.1) is 0 Å². The van der Waals surface area contributed by atoms with Crippen LogP contribution in [-0.2, 0) is 16.0 Å². The summed E-state index contributed by atoms with van der Waals surface area (Å²) in [5, 5.41) is 2.78. The lowest BCUT2D eigenvalue weighted by atomic mass is 10.1. The van der Waals surface area contributed by atoms with Crippen LogP contribution in [0.4, 0.5) is 5.82 Å². The Balaban J connectivity index is 1.23. The third kappa shape index (κ3) is 4.02. The molecule has 2 amide bonds. The minimum absolute atomic E-state index is 0.0259. The Hall–Kier alpha value is -2.89. The van der Waals surface area contributed by atoms with Crippen molar-refractivity contribution in [2.75, 3.05) is 18.4 Å². The lowest BCUT2D eigenvalue weighted by Crippen LogP contribution is -2.56. The maximum absolute atomic E-state index is 12.0. The van der Waals surface area contributed by atoms with Gasteiger partial charge in [0.25, 0.3) is 0 Å². The molecule has 4 rings (SSSR count). The summed E-state index contributed by atoms with van der Waals surface area (Å²) in [5.74, 6) is 1.56. The Kier molecular flexibility index (Phi) is 4.56. The number of carbonyl (C=O) groups is 2. The van der Waals surface area contributed by atoms with E-state index < -0.39 is 0 Å². The summed E-state index contributed by atoms with van der Waals surface area (Å²) in [6.45, 7) is 1.29. The minimum atomic E-state index is -0.106. The third-order valence-corrected chi connectivity index (χ3v) is 4.60. The summed E-state index contributed by atoms with van der Waals surface area (Å²) < 4.78 is 5.82. The van der Waals surface area contributed by atoms with Crippen LogP contribution >= 0.6 is 0 Å². The SMILES string of the molecule is O=C(Cc1ccccc1)Nc1ccc(OC2CN(C(=O)C3CC3)C2)cn1. The molecule has 26 heavy (non-hydrogen) atoms. The Labute approximate surface area is 152 Å². The molecule has 1 aliphatic heterocycles. The van der Waals surface area contributed by atoms with E-state index in [1.165, 1.54) is 0 Å². The van der Waals surface area contributed by atoms with Crippen LogP contribution in [0, 0.1) is 5.92 Å². The molecule has 0 atom stereocenters. The van der Waals surface area contributed by atoms with Gasteiger partial charge in [0.05, 0.1) is 25.7 Å². The molecule has 2 fully saturated rings. The van der Waals surface area contributed by atoms with Crippen molar-refractivity contribution >= 4 is 17.6 Å². The standard InChI is InChI=1S/C20H21N3O3/c24-19(10-14-4-2-1-3-5-14)22-18-9-8-16(11-21-18)26-17-12-23(13-17)20(25)15-6-7-15/h1-5,8-9,11,15,17H,6-7,10,12-13H2,(H,21,22,24). The van der Waals surface area contributed by atoms with Crippen LogP contribution in [-0.4, -0.2) is 40.9 Å². The third-order valence-electron chi connectivity index (χ3n) is 4.60. The van der Waals surface area contributed by atoms with Crippen molar-refractivity contribution in [1.29, 1.82) is 0 Å². The first kappa shape index (κ1) is 16.6. The molecule has 0 bridgehead atoms. The van der Waals surface area contributed by atoms with E-state index in [2.05, 4.69) is 10.3 Å². The molecule has 134 valence electrons. The number of carbonyl (C=O) groups excluding carboxylic acids is 2. The first-order valence-corrected chi connectivity index (χ1v) is 8.92. The van der Waals surface area contributed by atoms with Crippen LogP contribution in [0.3, 0.4) is 0 Å². The molecule has 1 N–H and O–H groups in total. The summed E-state index contributed by atoms with van der Waals surface area (Å²) in [6.07, 6.45) is 4.00. The van der Waals surface area contributed by atoms with Crippen molar-refractivity contribution < 1.29 is 14.3 Å². The monoisotopic (exact) mass is 351 g/mol. The highest BCUT2D eigenvalue weighted by atomic mass is 16.5. The first-order chi connectivity index (χ1) is 12.7. The molecule has 0 spiro atoms. The van der Waals surface area contributed by atoms with E-state index in [9.17, 15) is 9.59 Å². The number of hydrogen-bond acceptors (Lipinski definition) is 4. The predicted octanol–water partition coefficient (Wildman–Crippen LogP) is 2.26. The van der Waals surface area contributed by atoms with Gasteiger partial charge in [-0.3, -0.25) is 9.59 Å². The number of ether oxygens (including phenoxy) is 1. The zero-order valence-corrected chi connectivity index (χ0v) is 14.4. The molecule has 2 aromatic rings. The van der Waals surface area contributed by atoms with Gasteiger partial charge in [0.1, 0.15) is 17.7 Å². The second-order valence-electron chi connectivity index (χ2n) is 6.85. The molecule has 1 aliphatic carbocycles. The maximum Gasteiger partial charge on any atom is 0.229 e. The number of amides is 2. The van der Waals surface area contributed by atoms with Gasteiger partial charge in [0.15, 0.2) is 0 Å². The highest BCUT2D eigenvalue weighted by Crippen LogP contribution is 2.33. The van der Waals surface area contributed by atoms with Gasteiger partial charge in [-0.1, -0.05) is 30.3 Å². The van der Waals surface area contributed by atoms with Gasteiger partial charge in [0.2, 0.25) is 11.8 Å². The highest BCUT2D eigenvalue weighted by molar-refractivity contribution is 5.91. The van der Waals surface area contributed by atoms with E-state index in [-0.39, 0.29) is 23.8 Å². The van der Waals surface area contributed by atoms with E-state index in [0.29, 0.717) is 31.1 Å². The summed E-state index contributed by atoms with van der Waals surface area (Å²) >= 11 is 0. The number of pyridine rings is 1. The second kappa shape index (κ2) is 7.15. The van der Waals surface area contributed by atoms with Gasteiger partial charge in [0, 0.05) is 5.92 Å². The van der Waals surface area contributed by atoms with E-state index in [4.69, 9.17) is 4.74 Å². The average molecular weight is 351 g/mol. The lowest BCUT2D eigenvalue weighted by molar-refractivity contribution is -0.141. The van der Waals surface area contributed by atoms with Gasteiger partial charge in [-0.2, -0.15) is 0 Å². The molecule has 6 heteroatoms. The number of nitrogens with one attached hydrogen (secondary N) is 1. The topological polar surface area (TPSA) is 71.5 Å². The van der Waals surface area contributed by atoms with Crippen molar-refractivity contribution in [3.8, 4) is 5.75 Å². The van der Waals surface area contributed by atoms with Crippen molar-refractivity contribution in [2.45, 2.75) is 25.4 Å². The molecule has 1 aromatic carbocycles. The zero-order valence-electron chi connectivity index (χ0n) is 14.4. The van der Waals surface area contributed by atoms with E-state index in [1.54, 1.807) is 18.3 Å². The van der Waals surface area contributed by atoms with Gasteiger partial charge in [-0.05, 0) is 30.5 Å². The quantitative estimate of drug-likeness (QED) is 0.867. The van der Waals surface area contributed by atoms with Gasteiger partial charge in [-0.25, -0.2) is 4.98 Å². The Morgan fingerprint density at radius 1 is 1.12 bits per heavy atom. The van der Waals surface area contributed by atoms with E-state index >= 15 is 0 Å². The summed E-state index contributed by atoms with van der Waals surface area (Å²) in [5.41, 5.74) is 0.959. The Morgan fingerprint density at radius 3 is 2.54 bits per heavy atom. The molecule has 6 nitrogen and oxygen atoms in total. The molecular weight excluding hydrogens is 330 g/mol. The molecule has 1 saturated carbocycles. The van der Waals surface area contributed by atoms with E-state index in [0.717, 1.165) is 18.4 Å². The number of anilines is 1. The summed E-state index contributed by atoms with van der Waals surface area (Å²) in [6, 6.07) is 13.1. The van der Waals surface area contributed by atoms with Crippen LogP contribution in [0.5, 0.6) is 5.75 Å². The number of likely N-dealkylation sites (tertiary alicyclic amines) is 1. The average Bonchev–Trinajstić information content (AvgIpc) is 3.44. The van der Waals surface area contributed by atoms with Crippen LogP contribution < -0.4 is 10.1 Å². The van der Waals surface area contributed by atoms with Crippen molar-refractivity contribution in [3.63, 3.8) is 0 Å². The number of hydrogen-bond donors (Lipinski definition) is 1. The van der Waals surface area contributed by atoms with Crippen LogP contribution in [0.25, 0.3) is 0 Å². The first-order valence-electron chi connectivity index (χ1n) is 8.92. The number of aromatic nitrogens is 1. The molecule has 1 saturated heterocycles. The van der Waals surface area contributed by atoms with Crippen molar-refractivity contribution in [2.24, 2.45) is 5.92 Å². The normalized spacial score (nSPS) is 16.7. The van der Waals surface area contributed by atoms with Crippen molar-refractivity contribution in [3.05, 3.63) is 54.2 Å². The lowest BCUT2D eigenvalue weighted by Gasteiger charge is -2.39. The summed E-state index contributed by atoms with van der Waals surface area (Å²) in [7, 11) is 0. The molecule has 2 heterocycles. The smallest absolute Gasteiger partial charge is 0.229 e. The molecule has 0 radical (unpaired) electrons. The number of benzene rings is 1. The molecule has 1 aromatic heterocycles. The highest BCUT2D eigenvalue weighted by Gasteiger charge is 2.40. The zero-order chi connectivity index (χ0) is 17.9. The fraction of sp³-hybridized carbons (Fsp3) is 0.350. The van der Waals surface area contributed by atoms with E-state index in [1.807, 2.05) is 35.2 Å². The Morgan fingerprint density at radius 2 is 1.88 bits per heavy atom. The molecular formula is C20H21N3O3. The van der Waals surface area contributed by atoms with Gasteiger partial charge >= 0.3 is 0 Å². The predicted molar refractivity (Wildman–Crippen MR) is 96.7 cm³/mol. The maximum atomic E-state index is 12.0. The summed E-state index contributed by atoms with van der Waals surface area (Å²) in [4.78, 5) is 30.0. The number of rotatable bonds is 6.